The van der Waals surface area contributed by atoms with Crippen molar-refractivity contribution in [2.45, 2.75) is 0 Å². The first-order chi connectivity index (χ1) is 12.5. The Morgan fingerprint density at radius 1 is 1.00 bits per heavy atom. The molecular weight excluding hydrogens is 334 g/mol. The number of para-hydroxylation sites is 1. The molecule has 0 saturated carbocycles. The summed E-state index contributed by atoms with van der Waals surface area (Å²) in [7, 11) is 0. The standard InChI is InChI=1S/C19H15N3O4/c20-18(24)15-3-1-2-4-16(15)26-14-7-5-13(6-8-14)22-19(25)12-9-10-21-17(23)11-12/h1-11H,(H2,20,24)(H,21,23)(H,22,25). The van der Waals surface area contributed by atoms with Crippen LogP contribution in [0.25, 0.3) is 0 Å². The van der Waals surface area contributed by atoms with Crippen LogP contribution in [0.5, 0.6) is 11.5 Å². The second kappa shape index (κ2) is 7.35. The third-order valence-corrected chi connectivity index (χ3v) is 3.53. The van der Waals surface area contributed by atoms with Crippen molar-refractivity contribution in [3.8, 4) is 11.5 Å². The van der Waals surface area contributed by atoms with Crippen LogP contribution < -0.4 is 21.3 Å². The zero-order valence-electron chi connectivity index (χ0n) is 13.6. The summed E-state index contributed by atoms with van der Waals surface area (Å²) in [5.74, 6) is -0.153. The second-order valence-electron chi connectivity index (χ2n) is 5.38. The molecule has 3 aromatic rings. The molecule has 1 heterocycles. The molecule has 4 N–H and O–H groups in total. The number of H-pyrrole nitrogens is 1. The molecule has 0 bridgehead atoms. The first-order valence-corrected chi connectivity index (χ1v) is 7.70. The summed E-state index contributed by atoms with van der Waals surface area (Å²) in [5, 5.41) is 2.68. The Bertz CT molecular complexity index is 1010. The van der Waals surface area contributed by atoms with Crippen LogP contribution in [0.1, 0.15) is 20.7 Å². The number of aromatic amines is 1. The number of anilines is 1. The van der Waals surface area contributed by atoms with E-state index in [2.05, 4.69) is 10.3 Å². The molecule has 26 heavy (non-hydrogen) atoms. The minimum Gasteiger partial charge on any atom is -0.457 e. The predicted octanol–water partition coefficient (Wildman–Crippen LogP) is 2.52. The van der Waals surface area contributed by atoms with Crippen LogP contribution in [0, 0.1) is 0 Å². The van der Waals surface area contributed by atoms with E-state index in [0.717, 1.165) is 0 Å². The van der Waals surface area contributed by atoms with Gasteiger partial charge < -0.3 is 20.8 Å². The van der Waals surface area contributed by atoms with Gasteiger partial charge in [-0.25, -0.2) is 0 Å². The highest BCUT2D eigenvalue weighted by Crippen LogP contribution is 2.26. The zero-order valence-corrected chi connectivity index (χ0v) is 13.6. The number of nitrogens with one attached hydrogen (secondary N) is 2. The van der Waals surface area contributed by atoms with Crippen molar-refractivity contribution in [1.29, 1.82) is 0 Å². The molecule has 130 valence electrons. The second-order valence-corrected chi connectivity index (χ2v) is 5.38. The molecule has 0 radical (unpaired) electrons. The van der Waals surface area contributed by atoms with E-state index in [-0.39, 0.29) is 16.7 Å². The van der Waals surface area contributed by atoms with Gasteiger partial charge in [-0.1, -0.05) is 12.1 Å². The Morgan fingerprint density at radius 2 is 1.73 bits per heavy atom. The van der Waals surface area contributed by atoms with Crippen molar-refractivity contribution < 1.29 is 14.3 Å². The van der Waals surface area contributed by atoms with Crippen molar-refractivity contribution >= 4 is 17.5 Å². The molecule has 2 amide bonds. The number of carbonyl (C=O) groups excluding carboxylic acids is 2. The number of nitrogens with two attached hydrogens (primary N) is 1. The lowest BCUT2D eigenvalue weighted by Crippen LogP contribution is -2.15. The Morgan fingerprint density at radius 3 is 2.42 bits per heavy atom. The third-order valence-electron chi connectivity index (χ3n) is 3.53. The number of ether oxygens (including phenoxy) is 1. The Kier molecular flexibility index (Phi) is 4.80. The number of aromatic nitrogens is 1. The number of hydrogen-bond donors (Lipinski definition) is 3. The van der Waals surface area contributed by atoms with Crippen molar-refractivity contribution in [1.82, 2.24) is 4.98 Å². The van der Waals surface area contributed by atoms with Gasteiger partial charge in [-0.05, 0) is 42.5 Å². The van der Waals surface area contributed by atoms with E-state index in [1.807, 2.05) is 0 Å². The van der Waals surface area contributed by atoms with E-state index in [0.29, 0.717) is 17.2 Å². The maximum atomic E-state index is 12.1. The molecule has 0 unspecified atom stereocenters. The minimum absolute atomic E-state index is 0.254. The highest BCUT2D eigenvalue weighted by Gasteiger charge is 2.10. The summed E-state index contributed by atoms with van der Waals surface area (Å²) in [5.41, 5.74) is 6.03. The van der Waals surface area contributed by atoms with E-state index < -0.39 is 11.8 Å². The number of carbonyl (C=O) groups is 2. The van der Waals surface area contributed by atoms with Crippen LogP contribution in [0.2, 0.25) is 0 Å². The lowest BCUT2D eigenvalue weighted by molar-refractivity contribution is 0.0995. The number of hydrogen-bond acceptors (Lipinski definition) is 4. The predicted molar refractivity (Wildman–Crippen MR) is 96.5 cm³/mol. The van der Waals surface area contributed by atoms with Gasteiger partial charge in [0, 0.05) is 23.5 Å². The number of amides is 2. The highest BCUT2D eigenvalue weighted by atomic mass is 16.5. The van der Waals surface area contributed by atoms with Crippen molar-refractivity contribution in [2.24, 2.45) is 5.73 Å². The summed E-state index contributed by atoms with van der Waals surface area (Å²) in [6, 6.07) is 16.0. The van der Waals surface area contributed by atoms with Gasteiger partial charge in [-0.3, -0.25) is 14.4 Å². The molecule has 0 saturated heterocycles. The maximum absolute atomic E-state index is 12.1. The van der Waals surface area contributed by atoms with Gasteiger partial charge in [-0.15, -0.1) is 0 Å². The topological polar surface area (TPSA) is 114 Å². The van der Waals surface area contributed by atoms with Gasteiger partial charge in [0.1, 0.15) is 11.5 Å². The van der Waals surface area contributed by atoms with Crippen molar-refractivity contribution in [3.63, 3.8) is 0 Å². The lowest BCUT2D eigenvalue weighted by atomic mass is 10.2. The van der Waals surface area contributed by atoms with Gasteiger partial charge in [0.2, 0.25) is 5.56 Å². The molecule has 3 rings (SSSR count). The molecule has 0 aliphatic rings. The average molecular weight is 349 g/mol. The smallest absolute Gasteiger partial charge is 0.255 e. The van der Waals surface area contributed by atoms with Crippen molar-refractivity contribution in [3.05, 3.63) is 88.3 Å². The van der Waals surface area contributed by atoms with E-state index >= 15 is 0 Å². The van der Waals surface area contributed by atoms with Gasteiger partial charge >= 0.3 is 0 Å². The molecule has 1 aromatic heterocycles. The number of rotatable bonds is 5. The van der Waals surface area contributed by atoms with Crippen LogP contribution in [0.15, 0.2) is 71.7 Å². The van der Waals surface area contributed by atoms with E-state index in [1.165, 1.54) is 18.3 Å². The molecule has 7 nitrogen and oxygen atoms in total. The highest BCUT2D eigenvalue weighted by molar-refractivity contribution is 6.04. The normalized spacial score (nSPS) is 10.2. The zero-order chi connectivity index (χ0) is 18.5. The monoisotopic (exact) mass is 349 g/mol. The van der Waals surface area contributed by atoms with Crippen LogP contribution in [-0.2, 0) is 0 Å². The molecule has 0 atom stereocenters. The van der Waals surface area contributed by atoms with Gasteiger partial charge in [0.05, 0.1) is 5.56 Å². The van der Waals surface area contributed by atoms with Crippen LogP contribution >= 0.6 is 0 Å². The fourth-order valence-electron chi connectivity index (χ4n) is 2.28. The average Bonchev–Trinajstić information content (AvgIpc) is 2.63. The van der Waals surface area contributed by atoms with E-state index in [9.17, 15) is 14.4 Å². The number of pyridine rings is 1. The Labute approximate surface area is 148 Å². The van der Waals surface area contributed by atoms with Gasteiger partial charge in [-0.2, -0.15) is 0 Å². The summed E-state index contributed by atoms with van der Waals surface area (Å²) in [4.78, 5) is 37.2. The van der Waals surface area contributed by atoms with E-state index in [1.54, 1.807) is 48.5 Å². The van der Waals surface area contributed by atoms with E-state index in [4.69, 9.17) is 10.5 Å². The maximum Gasteiger partial charge on any atom is 0.255 e. The van der Waals surface area contributed by atoms with Gasteiger partial charge in [0.15, 0.2) is 0 Å². The van der Waals surface area contributed by atoms with Crippen LogP contribution in [0.3, 0.4) is 0 Å². The molecule has 0 fully saturated rings. The first-order valence-electron chi connectivity index (χ1n) is 7.70. The van der Waals surface area contributed by atoms with Crippen molar-refractivity contribution in [2.75, 3.05) is 5.32 Å². The third kappa shape index (κ3) is 3.96. The van der Waals surface area contributed by atoms with Crippen LogP contribution in [0.4, 0.5) is 5.69 Å². The Balaban J connectivity index is 1.72. The summed E-state index contributed by atoms with van der Waals surface area (Å²) in [6.45, 7) is 0. The van der Waals surface area contributed by atoms with Gasteiger partial charge in [0.25, 0.3) is 11.8 Å². The summed E-state index contributed by atoms with van der Waals surface area (Å²) >= 11 is 0. The molecule has 7 heteroatoms. The number of primary amides is 1. The molecule has 0 aliphatic heterocycles. The molecular formula is C19H15N3O4. The fraction of sp³-hybridized carbons (Fsp3) is 0. The number of benzene rings is 2. The summed E-state index contributed by atoms with van der Waals surface area (Å²) < 4.78 is 5.67. The Hall–Kier alpha value is -3.87. The fourth-order valence-corrected chi connectivity index (χ4v) is 2.28. The first kappa shape index (κ1) is 17.0. The largest absolute Gasteiger partial charge is 0.457 e. The molecule has 0 spiro atoms. The quantitative estimate of drug-likeness (QED) is 0.656. The molecule has 2 aromatic carbocycles. The SMILES string of the molecule is NC(=O)c1ccccc1Oc1ccc(NC(=O)c2cc[nH]c(=O)c2)cc1. The molecule has 0 aliphatic carbocycles. The summed E-state index contributed by atoms with van der Waals surface area (Å²) in [6.07, 6.45) is 1.41. The minimum atomic E-state index is -0.581. The lowest BCUT2D eigenvalue weighted by Gasteiger charge is -2.10. The van der Waals surface area contributed by atoms with Crippen LogP contribution in [-0.4, -0.2) is 16.8 Å².